The first-order valence-electron chi connectivity index (χ1n) is 6.40. The SMILES string of the molecule is CC(C(=O)N1CCNCC1)N(C)Cc1cccs1. The van der Waals surface area contributed by atoms with Gasteiger partial charge in [-0.2, -0.15) is 0 Å². The molecule has 2 rings (SSSR count). The van der Waals surface area contributed by atoms with Gasteiger partial charge < -0.3 is 10.2 Å². The fourth-order valence-corrected chi connectivity index (χ4v) is 2.89. The van der Waals surface area contributed by atoms with Gasteiger partial charge in [0.2, 0.25) is 5.91 Å². The van der Waals surface area contributed by atoms with Crippen molar-refractivity contribution in [3.05, 3.63) is 22.4 Å². The average Bonchev–Trinajstić information content (AvgIpc) is 2.91. The van der Waals surface area contributed by atoms with E-state index in [1.54, 1.807) is 11.3 Å². The van der Waals surface area contributed by atoms with Crippen molar-refractivity contribution < 1.29 is 4.79 Å². The molecule has 0 aliphatic carbocycles. The Bertz CT molecular complexity index is 374. The van der Waals surface area contributed by atoms with E-state index in [2.05, 4.69) is 27.7 Å². The summed E-state index contributed by atoms with van der Waals surface area (Å²) < 4.78 is 0. The lowest BCUT2D eigenvalue weighted by Gasteiger charge is -2.32. The maximum absolute atomic E-state index is 12.3. The molecule has 1 saturated heterocycles. The zero-order valence-corrected chi connectivity index (χ0v) is 11.9. The maximum atomic E-state index is 12.3. The fourth-order valence-electron chi connectivity index (χ4n) is 2.12. The molecule has 4 nitrogen and oxygen atoms in total. The van der Waals surface area contributed by atoms with E-state index in [4.69, 9.17) is 0 Å². The van der Waals surface area contributed by atoms with Crippen LogP contribution >= 0.6 is 11.3 Å². The number of amides is 1. The van der Waals surface area contributed by atoms with Gasteiger partial charge in [0.15, 0.2) is 0 Å². The van der Waals surface area contributed by atoms with E-state index >= 15 is 0 Å². The molecule has 0 radical (unpaired) electrons. The van der Waals surface area contributed by atoms with Gasteiger partial charge in [-0.1, -0.05) is 6.07 Å². The van der Waals surface area contributed by atoms with E-state index in [1.165, 1.54) is 4.88 Å². The second-order valence-corrected chi connectivity index (χ2v) is 5.78. The Balaban J connectivity index is 1.88. The lowest BCUT2D eigenvalue weighted by molar-refractivity contribution is -0.136. The molecule has 0 aromatic carbocycles. The summed E-state index contributed by atoms with van der Waals surface area (Å²) in [5, 5.41) is 5.34. The zero-order valence-electron chi connectivity index (χ0n) is 11.1. The molecule has 0 spiro atoms. The Labute approximate surface area is 113 Å². The van der Waals surface area contributed by atoms with Crippen molar-refractivity contribution in [3.63, 3.8) is 0 Å². The minimum atomic E-state index is -0.0507. The number of nitrogens with one attached hydrogen (secondary N) is 1. The molecule has 1 amide bonds. The van der Waals surface area contributed by atoms with Crippen LogP contribution in [0, 0.1) is 0 Å². The van der Waals surface area contributed by atoms with Crippen molar-refractivity contribution in [2.24, 2.45) is 0 Å². The lowest BCUT2D eigenvalue weighted by atomic mass is 10.2. The monoisotopic (exact) mass is 267 g/mol. The van der Waals surface area contributed by atoms with Crippen LogP contribution in [0.2, 0.25) is 0 Å². The number of nitrogens with zero attached hydrogens (tertiary/aromatic N) is 2. The summed E-state index contributed by atoms with van der Waals surface area (Å²) in [6, 6.07) is 4.12. The van der Waals surface area contributed by atoms with Gasteiger partial charge in [-0.25, -0.2) is 0 Å². The minimum Gasteiger partial charge on any atom is -0.339 e. The normalized spacial score (nSPS) is 18.1. The van der Waals surface area contributed by atoms with Crippen LogP contribution in [0.1, 0.15) is 11.8 Å². The third kappa shape index (κ3) is 3.31. The van der Waals surface area contributed by atoms with Gasteiger partial charge in [0.05, 0.1) is 6.04 Å². The molecule has 0 bridgehead atoms. The predicted octanol–water partition coefficient (Wildman–Crippen LogP) is 1.00. The van der Waals surface area contributed by atoms with Gasteiger partial charge in [-0.05, 0) is 25.4 Å². The highest BCUT2D eigenvalue weighted by Gasteiger charge is 2.24. The highest BCUT2D eigenvalue weighted by molar-refractivity contribution is 7.09. The first kappa shape index (κ1) is 13.5. The summed E-state index contributed by atoms with van der Waals surface area (Å²) in [7, 11) is 2.02. The molecule has 0 saturated carbocycles. The van der Waals surface area contributed by atoms with Crippen LogP contribution in [-0.4, -0.2) is 55.0 Å². The minimum absolute atomic E-state index is 0.0507. The summed E-state index contributed by atoms with van der Waals surface area (Å²) in [6.07, 6.45) is 0. The molecule has 1 fully saturated rings. The molecule has 1 aliphatic rings. The van der Waals surface area contributed by atoms with Gasteiger partial charge in [-0.3, -0.25) is 9.69 Å². The highest BCUT2D eigenvalue weighted by atomic mass is 32.1. The van der Waals surface area contributed by atoms with Crippen LogP contribution in [0.15, 0.2) is 17.5 Å². The number of hydrogen-bond donors (Lipinski definition) is 1. The lowest BCUT2D eigenvalue weighted by Crippen LogP contribution is -2.52. The van der Waals surface area contributed by atoms with Crippen LogP contribution in [0.5, 0.6) is 0 Å². The van der Waals surface area contributed by atoms with Gasteiger partial charge in [-0.15, -0.1) is 11.3 Å². The smallest absolute Gasteiger partial charge is 0.239 e. The van der Waals surface area contributed by atoms with E-state index in [0.29, 0.717) is 0 Å². The van der Waals surface area contributed by atoms with E-state index < -0.39 is 0 Å². The van der Waals surface area contributed by atoms with Crippen molar-refractivity contribution in [3.8, 4) is 0 Å². The molecule has 2 heterocycles. The first-order chi connectivity index (χ1) is 8.68. The number of hydrogen-bond acceptors (Lipinski definition) is 4. The van der Waals surface area contributed by atoms with Crippen LogP contribution in [-0.2, 0) is 11.3 Å². The van der Waals surface area contributed by atoms with Crippen LogP contribution in [0.4, 0.5) is 0 Å². The number of carbonyl (C=O) groups excluding carboxylic acids is 1. The van der Waals surface area contributed by atoms with Crippen molar-refractivity contribution in [1.29, 1.82) is 0 Å². The molecule has 100 valence electrons. The van der Waals surface area contributed by atoms with Gasteiger partial charge in [0.1, 0.15) is 0 Å². The number of likely N-dealkylation sites (N-methyl/N-ethyl adjacent to an activating group) is 1. The third-order valence-electron chi connectivity index (χ3n) is 3.43. The van der Waals surface area contributed by atoms with E-state index in [9.17, 15) is 4.79 Å². The molecule has 18 heavy (non-hydrogen) atoms. The Kier molecular flexibility index (Phi) is 4.74. The molecular weight excluding hydrogens is 246 g/mol. The molecule has 1 aromatic rings. The second-order valence-electron chi connectivity index (χ2n) is 4.75. The number of rotatable bonds is 4. The first-order valence-corrected chi connectivity index (χ1v) is 7.28. The number of carbonyl (C=O) groups is 1. The Morgan fingerprint density at radius 1 is 1.56 bits per heavy atom. The topological polar surface area (TPSA) is 35.6 Å². The number of thiophene rings is 1. The van der Waals surface area contributed by atoms with Gasteiger partial charge >= 0.3 is 0 Å². The zero-order chi connectivity index (χ0) is 13.0. The summed E-state index contributed by atoms with van der Waals surface area (Å²) >= 11 is 1.74. The van der Waals surface area contributed by atoms with Crippen molar-refractivity contribution >= 4 is 17.2 Å². The van der Waals surface area contributed by atoms with Crippen LogP contribution < -0.4 is 5.32 Å². The molecule has 1 unspecified atom stereocenters. The summed E-state index contributed by atoms with van der Waals surface area (Å²) in [6.45, 7) is 6.32. The molecule has 5 heteroatoms. The van der Waals surface area contributed by atoms with E-state index in [-0.39, 0.29) is 11.9 Å². The second kappa shape index (κ2) is 6.31. The molecular formula is C13H21N3OS. The van der Waals surface area contributed by atoms with Gasteiger partial charge in [0, 0.05) is 37.6 Å². The predicted molar refractivity (Wildman–Crippen MR) is 74.7 cm³/mol. The average molecular weight is 267 g/mol. The molecule has 1 atom stereocenters. The standard InChI is InChI=1S/C13H21N3OS/c1-11(13(17)16-7-5-14-6-8-16)15(2)10-12-4-3-9-18-12/h3-4,9,11,14H,5-8,10H2,1-2H3. The van der Waals surface area contributed by atoms with Crippen molar-refractivity contribution in [1.82, 2.24) is 15.1 Å². The molecule has 1 N–H and O–H groups in total. The molecule has 1 aromatic heterocycles. The molecule has 1 aliphatic heterocycles. The Morgan fingerprint density at radius 2 is 2.28 bits per heavy atom. The third-order valence-corrected chi connectivity index (χ3v) is 4.29. The summed E-state index contributed by atoms with van der Waals surface area (Å²) in [5.74, 6) is 0.246. The fraction of sp³-hybridized carbons (Fsp3) is 0.615. The van der Waals surface area contributed by atoms with E-state index in [0.717, 1.165) is 32.7 Å². The number of piperazine rings is 1. The largest absolute Gasteiger partial charge is 0.339 e. The van der Waals surface area contributed by atoms with Gasteiger partial charge in [0.25, 0.3) is 0 Å². The maximum Gasteiger partial charge on any atom is 0.239 e. The summed E-state index contributed by atoms with van der Waals surface area (Å²) in [5.41, 5.74) is 0. The van der Waals surface area contributed by atoms with E-state index in [1.807, 2.05) is 18.9 Å². The van der Waals surface area contributed by atoms with Crippen molar-refractivity contribution in [2.75, 3.05) is 33.2 Å². The van der Waals surface area contributed by atoms with Crippen LogP contribution in [0.25, 0.3) is 0 Å². The quantitative estimate of drug-likeness (QED) is 0.884. The Morgan fingerprint density at radius 3 is 2.89 bits per heavy atom. The highest BCUT2D eigenvalue weighted by Crippen LogP contribution is 2.13. The van der Waals surface area contributed by atoms with Crippen molar-refractivity contribution in [2.45, 2.75) is 19.5 Å². The van der Waals surface area contributed by atoms with Crippen LogP contribution in [0.3, 0.4) is 0 Å². The Hall–Kier alpha value is -0.910. The summed E-state index contributed by atoms with van der Waals surface area (Å²) in [4.78, 5) is 17.7.